The topological polar surface area (TPSA) is 0 Å². The monoisotopic (exact) mass is 182 g/mol. The largest absolute Gasteiger partial charge is 0.0628 e. The molecule has 0 aromatic carbocycles. The zero-order chi connectivity index (χ0) is 10.3. The number of hydrogen-bond acceptors (Lipinski definition) is 0. The molecule has 1 fully saturated rings. The molecule has 0 aromatic heterocycles. The van der Waals surface area contributed by atoms with E-state index >= 15 is 0 Å². The summed E-state index contributed by atoms with van der Waals surface area (Å²) >= 11 is 0. The van der Waals surface area contributed by atoms with Crippen molar-refractivity contribution in [2.24, 2.45) is 22.7 Å². The highest BCUT2D eigenvalue weighted by Gasteiger charge is 2.52. The molecule has 0 aliphatic heterocycles. The number of hydrogen-bond donors (Lipinski definition) is 0. The Morgan fingerprint density at radius 3 is 2.00 bits per heavy atom. The van der Waals surface area contributed by atoms with Gasteiger partial charge in [-0.3, -0.25) is 0 Å². The summed E-state index contributed by atoms with van der Waals surface area (Å²) in [6.07, 6.45) is 4.28. The first kappa shape index (κ1) is 11.1. The molecule has 0 saturated heterocycles. The maximum Gasteiger partial charge on any atom is -0.0274 e. The Bertz CT molecular complexity index is 174. The standard InChI is InChI=1S/C13H26/c1-10(2)7-8-11-9-12(3,4)13(11,5)6/h10-11H,7-9H2,1-6H3. The van der Waals surface area contributed by atoms with Gasteiger partial charge in [-0.25, -0.2) is 0 Å². The van der Waals surface area contributed by atoms with E-state index in [1.807, 2.05) is 0 Å². The van der Waals surface area contributed by atoms with E-state index in [1.165, 1.54) is 19.3 Å². The molecule has 1 aliphatic rings. The molecular weight excluding hydrogens is 156 g/mol. The van der Waals surface area contributed by atoms with E-state index in [4.69, 9.17) is 0 Å². The van der Waals surface area contributed by atoms with Crippen LogP contribution in [0.3, 0.4) is 0 Å². The Morgan fingerprint density at radius 1 is 1.15 bits per heavy atom. The van der Waals surface area contributed by atoms with E-state index < -0.39 is 0 Å². The molecule has 0 nitrogen and oxygen atoms in total. The van der Waals surface area contributed by atoms with Crippen molar-refractivity contribution < 1.29 is 0 Å². The summed E-state index contributed by atoms with van der Waals surface area (Å²) in [7, 11) is 0. The summed E-state index contributed by atoms with van der Waals surface area (Å²) in [5, 5.41) is 0. The molecule has 0 spiro atoms. The molecular formula is C13H26. The maximum atomic E-state index is 2.45. The molecule has 0 N–H and O–H groups in total. The van der Waals surface area contributed by atoms with Crippen molar-refractivity contribution in [3.63, 3.8) is 0 Å². The third-order valence-electron chi connectivity index (χ3n) is 4.61. The fourth-order valence-corrected chi connectivity index (χ4v) is 2.55. The minimum absolute atomic E-state index is 0.571. The minimum Gasteiger partial charge on any atom is -0.0628 e. The molecule has 1 rings (SSSR count). The maximum absolute atomic E-state index is 2.45. The minimum atomic E-state index is 0.571. The van der Waals surface area contributed by atoms with E-state index in [1.54, 1.807) is 0 Å². The fourth-order valence-electron chi connectivity index (χ4n) is 2.55. The van der Waals surface area contributed by atoms with Crippen molar-refractivity contribution >= 4 is 0 Å². The Labute approximate surface area is 84.1 Å². The average molecular weight is 182 g/mol. The van der Waals surface area contributed by atoms with Crippen LogP contribution in [0.4, 0.5) is 0 Å². The van der Waals surface area contributed by atoms with Gasteiger partial charge in [-0.15, -0.1) is 0 Å². The first-order chi connectivity index (χ1) is 5.77. The predicted molar refractivity (Wildman–Crippen MR) is 59.7 cm³/mol. The van der Waals surface area contributed by atoms with Gasteiger partial charge < -0.3 is 0 Å². The zero-order valence-electron chi connectivity index (χ0n) is 10.3. The molecule has 1 atom stereocenters. The second-order valence-corrected chi connectivity index (χ2v) is 6.48. The van der Waals surface area contributed by atoms with Gasteiger partial charge in [0.25, 0.3) is 0 Å². The third-order valence-corrected chi connectivity index (χ3v) is 4.61. The predicted octanol–water partition coefficient (Wildman–Crippen LogP) is 4.49. The lowest BCUT2D eigenvalue weighted by atomic mass is 9.46. The zero-order valence-corrected chi connectivity index (χ0v) is 10.3. The fraction of sp³-hybridized carbons (Fsp3) is 1.00. The first-order valence-corrected chi connectivity index (χ1v) is 5.77. The van der Waals surface area contributed by atoms with Gasteiger partial charge in [0.2, 0.25) is 0 Å². The smallest absolute Gasteiger partial charge is 0.0274 e. The normalized spacial score (nSPS) is 30.2. The Balaban J connectivity index is 2.41. The van der Waals surface area contributed by atoms with Gasteiger partial charge in [-0.2, -0.15) is 0 Å². The van der Waals surface area contributed by atoms with Gasteiger partial charge in [-0.1, -0.05) is 48.0 Å². The van der Waals surface area contributed by atoms with Gasteiger partial charge in [0.15, 0.2) is 0 Å². The van der Waals surface area contributed by atoms with Crippen molar-refractivity contribution in [1.82, 2.24) is 0 Å². The summed E-state index contributed by atoms with van der Waals surface area (Å²) in [5.74, 6) is 1.85. The van der Waals surface area contributed by atoms with E-state index in [9.17, 15) is 0 Å². The van der Waals surface area contributed by atoms with Crippen LogP contribution in [-0.4, -0.2) is 0 Å². The van der Waals surface area contributed by atoms with Gasteiger partial charge >= 0.3 is 0 Å². The molecule has 1 unspecified atom stereocenters. The summed E-state index contributed by atoms with van der Waals surface area (Å²) in [6, 6.07) is 0. The van der Waals surface area contributed by atoms with E-state index in [0.717, 1.165) is 11.8 Å². The first-order valence-electron chi connectivity index (χ1n) is 5.77. The molecule has 13 heavy (non-hydrogen) atoms. The van der Waals surface area contributed by atoms with Crippen LogP contribution in [-0.2, 0) is 0 Å². The molecule has 0 amide bonds. The summed E-state index contributed by atoms with van der Waals surface area (Å²) in [6.45, 7) is 14.4. The van der Waals surface area contributed by atoms with Crippen LogP contribution < -0.4 is 0 Å². The molecule has 0 radical (unpaired) electrons. The van der Waals surface area contributed by atoms with Crippen LogP contribution in [0.5, 0.6) is 0 Å². The van der Waals surface area contributed by atoms with Crippen LogP contribution in [0, 0.1) is 22.7 Å². The van der Waals surface area contributed by atoms with Crippen molar-refractivity contribution in [2.75, 3.05) is 0 Å². The lowest BCUT2D eigenvalue weighted by Crippen LogP contribution is -2.51. The lowest BCUT2D eigenvalue weighted by molar-refractivity contribution is -0.0989. The van der Waals surface area contributed by atoms with Crippen LogP contribution in [0.2, 0.25) is 0 Å². The molecule has 78 valence electrons. The third kappa shape index (κ3) is 1.92. The van der Waals surface area contributed by atoms with Crippen molar-refractivity contribution in [3.05, 3.63) is 0 Å². The van der Waals surface area contributed by atoms with Crippen LogP contribution in [0.1, 0.15) is 60.8 Å². The summed E-state index contributed by atoms with van der Waals surface area (Å²) < 4.78 is 0. The average Bonchev–Trinajstić information content (AvgIpc) is 1.97. The quantitative estimate of drug-likeness (QED) is 0.603. The van der Waals surface area contributed by atoms with Crippen molar-refractivity contribution in [3.8, 4) is 0 Å². The van der Waals surface area contributed by atoms with E-state index in [0.29, 0.717) is 10.8 Å². The van der Waals surface area contributed by atoms with Crippen LogP contribution in [0.15, 0.2) is 0 Å². The SMILES string of the molecule is CC(C)CCC1CC(C)(C)C1(C)C. The molecule has 0 aromatic rings. The Morgan fingerprint density at radius 2 is 1.69 bits per heavy atom. The summed E-state index contributed by atoms with van der Waals surface area (Å²) in [4.78, 5) is 0. The van der Waals surface area contributed by atoms with Gasteiger partial charge in [0, 0.05) is 0 Å². The second-order valence-electron chi connectivity index (χ2n) is 6.48. The van der Waals surface area contributed by atoms with Gasteiger partial charge in [0.1, 0.15) is 0 Å². The van der Waals surface area contributed by atoms with Crippen LogP contribution >= 0.6 is 0 Å². The van der Waals surface area contributed by atoms with Crippen molar-refractivity contribution in [2.45, 2.75) is 60.8 Å². The van der Waals surface area contributed by atoms with Gasteiger partial charge in [0.05, 0.1) is 0 Å². The molecule has 1 saturated carbocycles. The highest BCUT2D eigenvalue weighted by Crippen LogP contribution is 2.61. The highest BCUT2D eigenvalue weighted by molar-refractivity contribution is 5.02. The molecule has 0 heteroatoms. The highest BCUT2D eigenvalue weighted by atomic mass is 14.6. The van der Waals surface area contributed by atoms with Crippen LogP contribution in [0.25, 0.3) is 0 Å². The Hall–Kier alpha value is 0. The van der Waals surface area contributed by atoms with E-state index in [2.05, 4.69) is 41.5 Å². The summed E-state index contributed by atoms with van der Waals surface area (Å²) in [5.41, 5.74) is 1.15. The molecule has 1 aliphatic carbocycles. The second kappa shape index (κ2) is 3.29. The lowest BCUT2D eigenvalue weighted by Gasteiger charge is -2.59. The Kier molecular flexibility index (Phi) is 2.81. The van der Waals surface area contributed by atoms with E-state index in [-0.39, 0.29) is 0 Å². The molecule has 0 bridgehead atoms. The number of rotatable bonds is 3. The van der Waals surface area contributed by atoms with Gasteiger partial charge in [-0.05, 0) is 35.5 Å². The van der Waals surface area contributed by atoms with Crippen molar-refractivity contribution in [1.29, 1.82) is 0 Å². The molecule has 0 heterocycles.